The van der Waals surface area contributed by atoms with Crippen molar-refractivity contribution in [1.82, 2.24) is 5.32 Å². The second kappa shape index (κ2) is 8.45. The van der Waals surface area contributed by atoms with Gasteiger partial charge in [-0.2, -0.15) is 0 Å². The van der Waals surface area contributed by atoms with E-state index in [1.54, 1.807) is 0 Å². The van der Waals surface area contributed by atoms with Crippen molar-refractivity contribution < 1.29 is 14.7 Å². The molecule has 1 aromatic carbocycles. The van der Waals surface area contributed by atoms with E-state index in [4.69, 9.17) is 5.11 Å². The van der Waals surface area contributed by atoms with Crippen LogP contribution < -0.4 is 5.32 Å². The first kappa shape index (κ1) is 17.2. The van der Waals surface area contributed by atoms with E-state index in [1.807, 2.05) is 19.1 Å². The molecular weight excluding hydrogens is 266 g/mol. The second-order valence-corrected chi connectivity index (χ2v) is 5.85. The fourth-order valence-corrected chi connectivity index (χ4v) is 2.22. The molecule has 0 aromatic heterocycles. The van der Waals surface area contributed by atoms with Gasteiger partial charge in [0.15, 0.2) is 0 Å². The van der Waals surface area contributed by atoms with Gasteiger partial charge in [0, 0.05) is 13.0 Å². The van der Waals surface area contributed by atoms with E-state index in [-0.39, 0.29) is 18.2 Å². The number of aliphatic carboxylic acids is 1. The van der Waals surface area contributed by atoms with Crippen LogP contribution in [0.3, 0.4) is 0 Å². The molecule has 1 rings (SSSR count). The van der Waals surface area contributed by atoms with E-state index in [1.165, 1.54) is 5.56 Å². The number of hydrogen-bond donors (Lipinski definition) is 2. The highest BCUT2D eigenvalue weighted by atomic mass is 16.4. The molecule has 1 amide bonds. The van der Waals surface area contributed by atoms with Crippen molar-refractivity contribution >= 4 is 11.9 Å². The lowest BCUT2D eigenvalue weighted by Gasteiger charge is -2.14. The Morgan fingerprint density at radius 2 is 1.95 bits per heavy atom. The number of nitrogens with one attached hydrogen (secondary N) is 1. The highest BCUT2D eigenvalue weighted by Gasteiger charge is 2.15. The molecular formula is C17H25NO3. The zero-order chi connectivity index (χ0) is 15.8. The number of hydrogen-bond acceptors (Lipinski definition) is 2. The molecule has 2 N–H and O–H groups in total. The number of rotatable bonds is 8. The van der Waals surface area contributed by atoms with Crippen LogP contribution in [0.15, 0.2) is 24.3 Å². The SMILES string of the molecule is CC(C)Cc1cccc(C(C)C(=O)NCCCC(=O)O)c1. The quantitative estimate of drug-likeness (QED) is 0.724. The first-order valence-electron chi connectivity index (χ1n) is 7.48. The third kappa shape index (κ3) is 6.43. The minimum atomic E-state index is -0.835. The Morgan fingerprint density at radius 3 is 2.57 bits per heavy atom. The van der Waals surface area contributed by atoms with Gasteiger partial charge in [-0.05, 0) is 36.8 Å². The molecule has 0 aliphatic rings. The second-order valence-electron chi connectivity index (χ2n) is 5.85. The van der Waals surface area contributed by atoms with Gasteiger partial charge in [-0.3, -0.25) is 9.59 Å². The Balaban J connectivity index is 2.55. The van der Waals surface area contributed by atoms with Crippen LogP contribution >= 0.6 is 0 Å². The Morgan fingerprint density at radius 1 is 1.24 bits per heavy atom. The highest BCUT2D eigenvalue weighted by Crippen LogP contribution is 2.18. The molecule has 21 heavy (non-hydrogen) atoms. The van der Waals surface area contributed by atoms with Crippen LogP contribution in [0.25, 0.3) is 0 Å². The average Bonchev–Trinajstić information content (AvgIpc) is 2.42. The van der Waals surface area contributed by atoms with Crippen molar-refractivity contribution in [2.24, 2.45) is 5.92 Å². The summed E-state index contributed by atoms with van der Waals surface area (Å²) < 4.78 is 0. The van der Waals surface area contributed by atoms with Gasteiger partial charge >= 0.3 is 5.97 Å². The third-order valence-corrected chi connectivity index (χ3v) is 3.35. The number of carbonyl (C=O) groups excluding carboxylic acids is 1. The maximum atomic E-state index is 12.1. The van der Waals surface area contributed by atoms with Gasteiger partial charge < -0.3 is 10.4 Å². The first-order valence-corrected chi connectivity index (χ1v) is 7.48. The van der Waals surface area contributed by atoms with E-state index < -0.39 is 5.97 Å². The van der Waals surface area contributed by atoms with E-state index in [0.29, 0.717) is 18.9 Å². The van der Waals surface area contributed by atoms with Crippen LogP contribution in [0.4, 0.5) is 0 Å². The molecule has 1 aromatic rings. The van der Waals surface area contributed by atoms with Crippen molar-refractivity contribution in [2.45, 2.75) is 46.0 Å². The zero-order valence-corrected chi connectivity index (χ0v) is 13.1. The molecule has 0 fully saturated rings. The topological polar surface area (TPSA) is 66.4 Å². The van der Waals surface area contributed by atoms with E-state index in [0.717, 1.165) is 12.0 Å². The summed E-state index contributed by atoms with van der Waals surface area (Å²) in [5.74, 6) is -0.525. The minimum absolute atomic E-state index is 0.0536. The summed E-state index contributed by atoms with van der Waals surface area (Å²) in [7, 11) is 0. The van der Waals surface area contributed by atoms with Crippen LogP contribution in [0.5, 0.6) is 0 Å². The van der Waals surface area contributed by atoms with Gasteiger partial charge in [0.2, 0.25) is 5.91 Å². The molecule has 0 bridgehead atoms. The minimum Gasteiger partial charge on any atom is -0.481 e. The van der Waals surface area contributed by atoms with Crippen LogP contribution in [-0.2, 0) is 16.0 Å². The molecule has 0 radical (unpaired) electrons. The maximum Gasteiger partial charge on any atom is 0.303 e. The van der Waals surface area contributed by atoms with Crippen molar-refractivity contribution in [3.05, 3.63) is 35.4 Å². The third-order valence-electron chi connectivity index (χ3n) is 3.35. The maximum absolute atomic E-state index is 12.1. The standard InChI is InChI=1S/C17H25NO3/c1-12(2)10-14-6-4-7-15(11-14)13(3)17(21)18-9-5-8-16(19)20/h4,6-7,11-13H,5,8-10H2,1-3H3,(H,18,21)(H,19,20). The summed E-state index contributed by atoms with van der Waals surface area (Å²) in [6.45, 7) is 6.62. The monoisotopic (exact) mass is 291 g/mol. The summed E-state index contributed by atoms with van der Waals surface area (Å²) in [5, 5.41) is 11.3. The van der Waals surface area contributed by atoms with E-state index in [9.17, 15) is 9.59 Å². The fourth-order valence-electron chi connectivity index (χ4n) is 2.22. The fraction of sp³-hybridized carbons (Fsp3) is 0.529. The van der Waals surface area contributed by atoms with Crippen LogP contribution in [0, 0.1) is 5.92 Å². The molecule has 0 aliphatic carbocycles. The summed E-state index contributed by atoms with van der Waals surface area (Å²) in [6.07, 6.45) is 1.54. The Labute approximate surface area is 126 Å². The molecule has 0 saturated carbocycles. The van der Waals surface area contributed by atoms with Gasteiger partial charge in [-0.25, -0.2) is 0 Å². The predicted octanol–water partition coefficient (Wildman–Crippen LogP) is 2.97. The van der Waals surface area contributed by atoms with Gasteiger partial charge in [-0.15, -0.1) is 0 Å². The summed E-state index contributed by atoms with van der Waals surface area (Å²) in [4.78, 5) is 22.5. The summed E-state index contributed by atoms with van der Waals surface area (Å²) in [5.41, 5.74) is 2.25. The van der Waals surface area contributed by atoms with E-state index >= 15 is 0 Å². The highest BCUT2D eigenvalue weighted by molar-refractivity contribution is 5.83. The smallest absolute Gasteiger partial charge is 0.303 e. The normalized spacial score (nSPS) is 12.2. The molecule has 116 valence electrons. The lowest BCUT2D eigenvalue weighted by molar-refractivity contribution is -0.137. The molecule has 0 heterocycles. The molecule has 1 unspecified atom stereocenters. The Hall–Kier alpha value is -1.84. The van der Waals surface area contributed by atoms with Crippen molar-refractivity contribution in [3.63, 3.8) is 0 Å². The molecule has 4 nitrogen and oxygen atoms in total. The van der Waals surface area contributed by atoms with Gasteiger partial charge in [0.25, 0.3) is 0 Å². The van der Waals surface area contributed by atoms with Crippen molar-refractivity contribution in [2.75, 3.05) is 6.54 Å². The van der Waals surface area contributed by atoms with Crippen molar-refractivity contribution in [3.8, 4) is 0 Å². The van der Waals surface area contributed by atoms with Crippen LogP contribution in [0.2, 0.25) is 0 Å². The molecule has 4 heteroatoms. The average molecular weight is 291 g/mol. The molecule has 0 saturated heterocycles. The molecule has 0 aliphatic heterocycles. The number of carboxylic acids is 1. The number of benzene rings is 1. The number of carboxylic acid groups (broad SMARTS) is 1. The molecule has 0 spiro atoms. The number of amides is 1. The largest absolute Gasteiger partial charge is 0.481 e. The molecule has 1 atom stereocenters. The number of carbonyl (C=O) groups is 2. The summed E-state index contributed by atoms with van der Waals surface area (Å²) in [6, 6.07) is 8.12. The van der Waals surface area contributed by atoms with Crippen LogP contribution in [0.1, 0.15) is 50.7 Å². The lowest BCUT2D eigenvalue weighted by Crippen LogP contribution is -2.29. The first-order chi connectivity index (χ1) is 9.90. The summed E-state index contributed by atoms with van der Waals surface area (Å²) >= 11 is 0. The van der Waals surface area contributed by atoms with E-state index in [2.05, 4.69) is 31.3 Å². The van der Waals surface area contributed by atoms with Gasteiger partial charge in [-0.1, -0.05) is 38.1 Å². The Bertz CT molecular complexity index is 483. The Kier molecular flexibility index (Phi) is 6.92. The lowest BCUT2D eigenvalue weighted by atomic mass is 9.95. The zero-order valence-electron chi connectivity index (χ0n) is 13.1. The van der Waals surface area contributed by atoms with Gasteiger partial charge in [0.05, 0.1) is 5.92 Å². The van der Waals surface area contributed by atoms with Crippen molar-refractivity contribution in [1.29, 1.82) is 0 Å². The van der Waals surface area contributed by atoms with Crippen LogP contribution in [-0.4, -0.2) is 23.5 Å². The van der Waals surface area contributed by atoms with Gasteiger partial charge in [0.1, 0.15) is 0 Å². The predicted molar refractivity (Wildman–Crippen MR) is 83.3 cm³/mol.